The molecule has 0 bridgehead atoms. The summed E-state index contributed by atoms with van der Waals surface area (Å²) >= 11 is 0. The molecule has 0 saturated heterocycles. The van der Waals surface area contributed by atoms with Crippen LogP contribution in [0.1, 0.15) is 75.1 Å². The molecule has 2 unspecified atom stereocenters. The SMILES string of the molecule is CC1(N)CCCCC1C(=O)Nc1ccc(C(=O)NC2CCCCC2)cc1. The van der Waals surface area contributed by atoms with Crippen LogP contribution in [0, 0.1) is 5.92 Å². The van der Waals surface area contributed by atoms with Gasteiger partial charge in [-0.3, -0.25) is 9.59 Å². The molecule has 2 fully saturated rings. The number of hydrogen-bond acceptors (Lipinski definition) is 3. The molecular weight excluding hydrogens is 326 g/mol. The first-order valence-corrected chi connectivity index (χ1v) is 9.96. The molecule has 1 aromatic rings. The Morgan fingerprint density at radius 1 is 1.00 bits per heavy atom. The predicted octanol–water partition coefficient (Wildman–Crippen LogP) is 3.60. The van der Waals surface area contributed by atoms with E-state index < -0.39 is 5.54 Å². The summed E-state index contributed by atoms with van der Waals surface area (Å²) in [6.07, 6.45) is 9.63. The maximum Gasteiger partial charge on any atom is 0.251 e. The van der Waals surface area contributed by atoms with E-state index in [-0.39, 0.29) is 17.7 Å². The highest BCUT2D eigenvalue weighted by atomic mass is 16.2. The van der Waals surface area contributed by atoms with Gasteiger partial charge in [-0.15, -0.1) is 0 Å². The average molecular weight is 357 g/mol. The molecule has 2 aliphatic rings. The highest BCUT2D eigenvalue weighted by Gasteiger charge is 2.37. The molecular formula is C21H31N3O2. The highest BCUT2D eigenvalue weighted by molar-refractivity contribution is 5.96. The van der Waals surface area contributed by atoms with Crippen LogP contribution in [-0.2, 0) is 4.79 Å². The Hall–Kier alpha value is -1.88. The third kappa shape index (κ3) is 4.64. The number of benzene rings is 1. The lowest BCUT2D eigenvalue weighted by molar-refractivity contribution is -0.122. The predicted molar refractivity (Wildman–Crippen MR) is 104 cm³/mol. The number of hydrogen-bond donors (Lipinski definition) is 3. The Morgan fingerprint density at radius 2 is 1.65 bits per heavy atom. The lowest BCUT2D eigenvalue weighted by Crippen LogP contribution is -2.51. The Bertz CT molecular complexity index is 633. The van der Waals surface area contributed by atoms with Gasteiger partial charge < -0.3 is 16.4 Å². The van der Waals surface area contributed by atoms with Crippen LogP contribution >= 0.6 is 0 Å². The average Bonchev–Trinajstić information content (AvgIpc) is 2.62. The van der Waals surface area contributed by atoms with Crippen molar-refractivity contribution in [3.05, 3.63) is 29.8 Å². The first-order valence-electron chi connectivity index (χ1n) is 9.96. The smallest absolute Gasteiger partial charge is 0.251 e. The molecule has 2 saturated carbocycles. The molecule has 1 aromatic carbocycles. The van der Waals surface area contributed by atoms with E-state index in [9.17, 15) is 9.59 Å². The number of nitrogens with two attached hydrogens (primary N) is 1. The quantitative estimate of drug-likeness (QED) is 0.770. The zero-order valence-corrected chi connectivity index (χ0v) is 15.7. The molecule has 3 rings (SSSR count). The van der Waals surface area contributed by atoms with Crippen LogP contribution in [0.5, 0.6) is 0 Å². The summed E-state index contributed by atoms with van der Waals surface area (Å²) in [5.41, 5.74) is 7.22. The van der Waals surface area contributed by atoms with E-state index in [1.807, 2.05) is 6.92 Å². The second kappa shape index (κ2) is 8.21. The first-order chi connectivity index (χ1) is 12.5. The van der Waals surface area contributed by atoms with Crippen molar-refractivity contribution in [2.75, 3.05) is 5.32 Å². The number of rotatable bonds is 4. The van der Waals surface area contributed by atoms with E-state index in [0.717, 1.165) is 38.5 Å². The molecule has 0 aliphatic heterocycles. The lowest BCUT2D eigenvalue weighted by Gasteiger charge is -2.37. The van der Waals surface area contributed by atoms with Gasteiger partial charge in [0, 0.05) is 22.8 Å². The third-order valence-electron chi connectivity index (χ3n) is 5.93. The van der Waals surface area contributed by atoms with Crippen molar-refractivity contribution in [2.45, 2.75) is 76.3 Å². The minimum atomic E-state index is -0.442. The van der Waals surface area contributed by atoms with E-state index in [2.05, 4.69) is 10.6 Å². The summed E-state index contributed by atoms with van der Waals surface area (Å²) in [5, 5.41) is 6.08. The molecule has 0 spiro atoms. The van der Waals surface area contributed by atoms with E-state index in [1.54, 1.807) is 24.3 Å². The molecule has 142 valence electrons. The Labute approximate surface area is 156 Å². The fraction of sp³-hybridized carbons (Fsp3) is 0.619. The van der Waals surface area contributed by atoms with Gasteiger partial charge in [-0.05, 0) is 56.9 Å². The van der Waals surface area contributed by atoms with Crippen molar-refractivity contribution in [2.24, 2.45) is 11.7 Å². The van der Waals surface area contributed by atoms with Gasteiger partial charge in [-0.25, -0.2) is 0 Å². The fourth-order valence-electron chi connectivity index (χ4n) is 4.24. The second-order valence-electron chi connectivity index (χ2n) is 8.18. The van der Waals surface area contributed by atoms with E-state index in [4.69, 9.17) is 5.73 Å². The normalized spacial score (nSPS) is 26.9. The molecule has 2 atom stereocenters. The maximum atomic E-state index is 12.6. The minimum absolute atomic E-state index is 0.0193. The molecule has 0 radical (unpaired) electrons. The second-order valence-corrected chi connectivity index (χ2v) is 8.18. The Kier molecular flexibility index (Phi) is 5.97. The molecule has 4 N–H and O–H groups in total. The number of carbonyl (C=O) groups excluding carboxylic acids is 2. The van der Waals surface area contributed by atoms with Crippen molar-refractivity contribution in [3.63, 3.8) is 0 Å². The van der Waals surface area contributed by atoms with E-state index in [1.165, 1.54) is 19.3 Å². The van der Waals surface area contributed by atoms with Crippen LogP contribution in [-0.4, -0.2) is 23.4 Å². The van der Waals surface area contributed by atoms with Gasteiger partial charge >= 0.3 is 0 Å². The third-order valence-corrected chi connectivity index (χ3v) is 5.93. The molecule has 5 heteroatoms. The maximum absolute atomic E-state index is 12.6. The number of amides is 2. The van der Waals surface area contributed by atoms with Crippen molar-refractivity contribution in [1.82, 2.24) is 5.32 Å². The molecule has 0 aromatic heterocycles. The van der Waals surface area contributed by atoms with Gasteiger partial charge in [0.15, 0.2) is 0 Å². The fourth-order valence-corrected chi connectivity index (χ4v) is 4.24. The van der Waals surface area contributed by atoms with Crippen LogP contribution < -0.4 is 16.4 Å². The van der Waals surface area contributed by atoms with Gasteiger partial charge in [0.2, 0.25) is 5.91 Å². The van der Waals surface area contributed by atoms with Gasteiger partial charge in [0.05, 0.1) is 5.92 Å². The van der Waals surface area contributed by atoms with Crippen molar-refractivity contribution >= 4 is 17.5 Å². The van der Waals surface area contributed by atoms with Crippen molar-refractivity contribution in [3.8, 4) is 0 Å². The summed E-state index contributed by atoms with van der Waals surface area (Å²) in [5.74, 6) is -0.212. The van der Waals surface area contributed by atoms with Crippen molar-refractivity contribution < 1.29 is 9.59 Å². The van der Waals surface area contributed by atoms with Gasteiger partial charge in [0.1, 0.15) is 0 Å². The van der Waals surface area contributed by atoms with Gasteiger partial charge in [-0.1, -0.05) is 32.1 Å². The molecule has 5 nitrogen and oxygen atoms in total. The summed E-state index contributed by atoms with van der Waals surface area (Å²) in [7, 11) is 0. The zero-order chi connectivity index (χ0) is 18.6. The summed E-state index contributed by atoms with van der Waals surface area (Å²) in [6, 6.07) is 7.44. The van der Waals surface area contributed by atoms with E-state index >= 15 is 0 Å². The van der Waals surface area contributed by atoms with Crippen LogP contribution in [0.25, 0.3) is 0 Å². The molecule has 0 heterocycles. The Balaban J connectivity index is 1.57. The lowest BCUT2D eigenvalue weighted by atomic mass is 9.74. The Morgan fingerprint density at radius 3 is 2.31 bits per heavy atom. The van der Waals surface area contributed by atoms with Gasteiger partial charge in [0.25, 0.3) is 5.91 Å². The molecule has 2 aliphatic carbocycles. The standard InChI is InChI=1S/C21H31N3O2/c1-21(22)14-6-5-9-18(21)20(26)24-17-12-10-15(11-13-17)19(25)23-16-7-3-2-4-8-16/h10-13,16,18H,2-9,14,22H2,1H3,(H,23,25)(H,24,26). The van der Waals surface area contributed by atoms with Crippen molar-refractivity contribution in [1.29, 1.82) is 0 Å². The molecule has 2 amide bonds. The number of carbonyl (C=O) groups is 2. The van der Waals surface area contributed by atoms with Crippen LogP contribution in [0.4, 0.5) is 5.69 Å². The summed E-state index contributed by atoms with van der Waals surface area (Å²) in [6.45, 7) is 1.97. The largest absolute Gasteiger partial charge is 0.349 e. The van der Waals surface area contributed by atoms with Crippen LogP contribution in [0.3, 0.4) is 0 Å². The van der Waals surface area contributed by atoms with Gasteiger partial charge in [-0.2, -0.15) is 0 Å². The minimum Gasteiger partial charge on any atom is -0.349 e. The number of nitrogens with one attached hydrogen (secondary N) is 2. The monoisotopic (exact) mass is 357 g/mol. The topological polar surface area (TPSA) is 84.2 Å². The summed E-state index contributed by atoms with van der Waals surface area (Å²) < 4.78 is 0. The zero-order valence-electron chi connectivity index (χ0n) is 15.7. The number of anilines is 1. The van der Waals surface area contributed by atoms with Crippen LogP contribution in [0.15, 0.2) is 24.3 Å². The highest BCUT2D eigenvalue weighted by Crippen LogP contribution is 2.32. The summed E-state index contributed by atoms with van der Waals surface area (Å²) in [4.78, 5) is 25.0. The molecule has 26 heavy (non-hydrogen) atoms. The first kappa shape index (κ1) is 18.9. The van der Waals surface area contributed by atoms with Crippen LogP contribution in [0.2, 0.25) is 0 Å². The van der Waals surface area contributed by atoms with E-state index in [0.29, 0.717) is 17.3 Å².